The molecule has 0 saturated heterocycles. The smallest absolute Gasteiger partial charge is 0.408 e. The van der Waals surface area contributed by atoms with Crippen molar-refractivity contribution in [2.75, 3.05) is 6.61 Å². The van der Waals surface area contributed by atoms with E-state index in [0.717, 1.165) is 16.7 Å². The third-order valence-electron chi connectivity index (χ3n) is 5.42. The van der Waals surface area contributed by atoms with E-state index in [9.17, 15) is 9.59 Å². The molecule has 3 rings (SSSR count). The lowest BCUT2D eigenvalue weighted by Crippen LogP contribution is -2.53. The van der Waals surface area contributed by atoms with Gasteiger partial charge in [-0.25, -0.2) is 4.79 Å². The van der Waals surface area contributed by atoms with Gasteiger partial charge in [0.05, 0.1) is 4.75 Å². The van der Waals surface area contributed by atoms with Crippen molar-refractivity contribution in [1.82, 2.24) is 5.32 Å². The number of carbonyl (C=O) groups is 2. The topological polar surface area (TPSA) is 90.7 Å². The molecule has 0 spiro atoms. The second-order valence-electron chi connectivity index (χ2n) is 9.25. The number of primary amides is 1. The Morgan fingerprint density at radius 1 is 0.833 bits per heavy atom. The van der Waals surface area contributed by atoms with E-state index < -0.39 is 33.8 Å². The highest BCUT2D eigenvalue weighted by atomic mass is 32.2. The maximum absolute atomic E-state index is 12.7. The number of nitrogens with two attached hydrogens (primary N) is 1. The zero-order valence-corrected chi connectivity index (χ0v) is 22.0. The molecule has 7 heteroatoms. The summed E-state index contributed by atoms with van der Waals surface area (Å²) in [6.07, 6.45) is -0.735. The van der Waals surface area contributed by atoms with Crippen LogP contribution in [0.3, 0.4) is 0 Å². The second-order valence-corrected chi connectivity index (χ2v) is 10.6. The predicted molar refractivity (Wildman–Crippen MR) is 145 cm³/mol. The first kappa shape index (κ1) is 27.3. The Morgan fingerprint density at radius 3 is 1.58 bits per heavy atom. The molecular weight excluding hydrogens is 472 g/mol. The first-order chi connectivity index (χ1) is 17.2. The van der Waals surface area contributed by atoms with Gasteiger partial charge in [0.25, 0.3) is 0 Å². The number of amides is 2. The van der Waals surface area contributed by atoms with Crippen LogP contribution in [0.25, 0.3) is 0 Å². The van der Waals surface area contributed by atoms with E-state index in [0.29, 0.717) is 6.61 Å². The quantitative estimate of drug-likeness (QED) is 0.282. The number of carbonyl (C=O) groups excluding carboxylic acids is 2. The van der Waals surface area contributed by atoms with Crippen LogP contribution in [0.4, 0.5) is 4.79 Å². The van der Waals surface area contributed by atoms with Crippen molar-refractivity contribution in [1.29, 1.82) is 0 Å². The van der Waals surface area contributed by atoms with Crippen LogP contribution in [0.2, 0.25) is 0 Å². The molecule has 36 heavy (non-hydrogen) atoms. The standard InChI is InChI=1S/C29H34N2O4S/c1-5-34-26(24(25(30)32)31-27(33)35-28(2,3)4)36-29(21-15-9-6-10-16-21,22-17-11-7-12-18-22)23-19-13-8-14-20-23/h6-20,24,26H,5H2,1-4H3,(H2,30,32)(H,31,33). The fourth-order valence-electron chi connectivity index (χ4n) is 3.97. The minimum atomic E-state index is -1.14. The van der Waals surface area contributed by atoms with Gasteiger partial charge in [0.1, 0.15) is 17.1 Å². The molecule has 6 nitrogen and oxygen atoms in total. The minimum Gasteiger partial charge on any atom is -0.444 e. The Morgan fingerprint density at radius 2 is 1.25 bits per heavy atom. The van der Waals surface area contributed by atoms with Crippen LogP contribution in [0.15, 0.2) is 91.0 Å². The van der Waals surface area contributed by atoms with E-state index in [1.54, 1.807) is 20.8 Å². The number of alkyl carbamates (subject to hydrolysis) is 1. The summed E-state index contributed by atoms with van der Waals surface area (Å²) in [5.41, 5.74) is 7.25. The van der Waals surface area contributed by atoms with Gasteiger partial charge >= 0.3 is 6.09 Å². The van der Waals surface area contributed by atoms with Gasteiger partial charge in [-0.05, 0) is 44.4 Å². The van der Waals surface area contributed by atoms with Crippen molar-refractivity contribution in [2.45, 2.75) is 49.5 Å². The Bertz CT molecular complexity index is 1020. The van der Waals surface area contributed by atoms with Crippen molar-refractivity contribution in [3.63, 3.8) is 0 Å². The molecule has 3 N–H and O–H groups in total. The molecule has 0 bridgehead atoms. The summed E-state index contributed by atoms with van der Waals surface area (Å²) in [6, 6.07) is 29.0. The number of rotatable bonds is 10. The van der Waals surface area contributed by atoms with E-state index in [1.807, 2.05) is 61.5 Å². The lowest BCUT2D eigenvalue weighted by molar-refractivity contribution is -0.122. The highest BCUT2D eigenvalue weighted by Gasteiger charge is 2.43. The third kappa shape index (κ3) is 6.68. The van der Waals surface area contributed by atoms with Crippen LogP contribution in [0.1, 0.15) is 44.4 Å². The normalized spacial score (nSPS) is 13.4. The Hall–Kier alpha value is -3.29. The zero-order valence-electron chi connectivity index (χ0n) is 21.1. The van der Waals surface area contributed by atoms with Crippen LogP contribution in [-0.2, 0) is 19.0 Å². The van der Waals surface area contributed by atoms with Gasteiger partial charge in [0.2, 0.25) is 5.91 Å². The van der Waals surface area contributed by atoms with Gasteiger partial charge < -0.3 is 20.5 Å². The molecule has 0 saturated carbocycles. The summed E-state index contributed by atoms with van der Waals surface area (Å²) in [5, 5.41) is 2.65. The van der Waals surface area contributed by atoms with Crippen LogP contribution in [0, 0.1) is 0 Å². The van der Waals surface area contributed by atoms with Gasteiger partial charge in [-0.15, -0.1) is 11.8 Å². The molecule has 0 aromatic heterocycles. The highest BCUT2D eigenvalue weighted by Crippen LogP contribution is 2.50. The first-order valence-electron chi connectivity index (χ1n) is 11.9. The van der Waals surface area contributed by atoms with E-state index >= 15 is 0 Å². The Balaban J connectivity index is 2.17. The van der Waals surface area contributed by atoms with Crippen molar-refractivity contribution in [3.8, 4) is 0 Å². The molecule has 0 fully saturated rings. The van der Waals surface area contributed by atoms with Crippen LogP contribution in [-0.4, -0.2) is 35.7 Å². The van der Waals surface area contributed by atoms with Gasteiger partial charge in [-0.1, -0.05) is 91.0 Å². The van der Waals surface area contributed by atoms with E-state index in [4.69, 9.17) is 15.2 Å². The average Bonchev–Trinajstić information content (AvgIpc) is 2.86. The number of thioether (sulfide) groups is 1. The van der Waals surface area contributed by atoms with Crippen LogP contribution < -0.4 is 11.1 Å². The zero-order chi connectivity index (χ0) is 26.2. The fourth-order valence-corrected chi connectivity index (χ4v) is 5.67. The molecule has 190 valence electrons. The van der Waals surface area contributed by atoms with E-state index in [1.165, 1.54) is 11.8 Å². The number of benzene rings is 3. The molecule has 0 heterocycles. The summed E-state index contributed by atoms with van der Waals surface area (Å²) in [5.74, 6) is -0.713. The summed E-state index contributed by atoms with van der Waals surface area (Å²) < 4.78 is 10.7. The van der Waals surface area contributed by atoms with E-state index in [-0.39, 0.29) is 0 Å². The highest BCUT2D eigenvalue weighted by molar-refractivity contribution is 8.01. The number of hydrogen-bond donors (Lipinski definition) is 2. The van der Waals surface area contributed by atoms with Crippen LogP contribution >= 0.6 is 11.8 Å². The van der Waals surface area contributed by atoms with Crippen LogP contribution in [0.5, 0.6) is 0 Å². The molecule has 2 amide bonds. The lowest BCUT2D eigenvalue weighted by Gasteiger charge is -2.39. The summed E-state index contributed by atoms with van der Waals surface area (Å²) in [6.45, 7) is 7.42. The van der Waals surface area contributed by atoms with Crippen molar-refractivity contribution in [3.05, 3.63) is 108 Å². The largest absolute Gasteiger partial charge is 0.444 e. The van der Waals surface area contributed by atoms with E-state index in [2.05, 4.69) is 41.7 Å². The molecule has 2 atom stereocenters. The van der Waals surface area contributed by atoms with Crippen molar-refractivity contribution >= 4 is 23.8 Å². The molecule has 0 aliphatic carbocycles. The van der Waals surface area contributed by atoms with Crippen molar-refractivity contribution in [2.24, 2.45) is 5.73 Å². The SMILES string of the molecule is CCOC(SC(c1ccccc1)(c1ccccc1)c1ccccc1)C(NC(=O)OC(C)(C)C)C(N)=O. The van der Waals surface area contributed by atoms with Crippen molar-refractivity contribution < 1.29 is 19.1 Å². The molecule has 2 unspecified atom stereocenters. The molecule has 0 radical (unpaired) electrons. The number of ether oxygens (including phenoxy) is 2. The summed E-state index contributed by atoms with van der Waals surface area (Å²) in [4.78, 5) is 25.3. The third-order valence-corrected chi connectivity index (χ3v) is 7.12. The molecule has 0 aliphatic heterocycles. The summed E-state index contributed by atoms with van der Waals surface area (Å²) >= 11 is 1.42. The first-order valence-corrected chi connectivity index (χ1v) is 12.8. The number of nitrogens with one attached hydrogen (secondary N) is 1. The Labute approximate surface area is 217 Å². The maximum Gasteiger partial charge on any atom is 0.408 e. The minimum absolute atomic E-state index is 0.311. The monoisotopic (exact) mass is 506 g/mol. The average molecular weight is 507 g/mol. The summed E-state index contributed by atoms with van der Waals surface area (Å²) in [7, 11) is 0. The molecule has 3 aromatic carbocycles. The lowest BCUT2D eigenvalue weighted by atomic mass is 9.84. The second kappa shape index (κ2) is 12.1. The fraction of sp³-hybridized carbons (Fsp3) is 0.310. The molecular formula is C29H34N2O4S. The molecule has 3 aromatic rings. The van der Waals surface area contributed by atoms with Gasteiger partial charge in [-0.2, -0.15) is 0 Å². The number of hydrogen-bond acceptors (Lipinski definition) is 5. The maximum atomic E-state index is 12.7. The Kier molecular flexibility index (Phi) is 9.18. The molecule has 0 aliphatic rings. The van der Waals surface area contributed by atoms with Gasteiger partial charge in [0.15, 0.2) is 0 Å². The van der Waals surface area contributed by atoms with Gasteiger partial charge in [0, 0.05) is 6.61 Å². The van der Waals surface area contributed by atoms with Gasteiger partial charge in [-0.3, -0.25) is 4.79 Å². The predicted octanol–water partition coefficient (Wildman–Crippen LogP) is 5.45.